The summed E-state index contributed by atoms with van der Waals surface area (Å²) in [6, 6.07) is 19.4. The van der Waals surface area contributed by atoms with Crippen LogP contribution in [0.1, 0.15) is 35.4 Å². The Kier molecular flexibility index (Phi) is 7.78. The number of sulfonamides is 1. The molecule has 33 heavy (non-hydrogen) atoms. The highest BCUT2D eigenvalue weighted by Crippen LogP contribution is 2.23. The molecule has 2 N–H and O–H groups in total. The predicted octanol–water partition coefficient (Wildman–Crippen LogP) is 4.51. The van der Waals surface area contributed by atoms with Crippen molar-refractivity contribution in [3.8, 4) is 0 Å². The van der Waals surface area contributed by atoms with Crippen LogP contribution in [0.3, 0.4) is 0 Å². The lowest BCUT2D eigenvalue weighted by Gasteiger charge is -2.18. The summed E-state index contributed by atoms with van der Waals surface area (Å²) in [6.45, 7) is 1.74. The number of hydrogen-bond acceptors (Lipinski definition) is 5. The third-order valence-electron chi connectivity index (χ3n) is 4.52. The van der Waals surface area contributed by atoms with E-state index in [2.05, 4.69) is 10.0 Å². The Hall–Kier alpha value is -3.72. The number of esters is 1. The molecule has 0 aliphatic rings. The molecule has 0 heterocycles. The molecular weight excluding hydrogens is 447 g/mol. The average Bonchev–Trinajstić information content (AvgIpc) is 2.79. The van der Waals surface area contributed by atoms with Gasteiger partial charge in [0.15, 0.2) is 0 Å². The molecule has 0 saturated heterocycles. The molecule has 0 aliphatic heterocycles. The zero-order chi connectivity index (χ0) is 23.8. The first kappa shape index (κ1) is 23.9. The predicted molar refractivity (Wildman–Crippen MR) is 124 cm³/mol. The van der Waals surface area contributed by atoms with Crippen LogP contribution in [0.2, 0.25) is 0 Å². The zero-order valence-corrected chi connectivity index (χ0v) is 18.6. The van der Waals surface area contributed by atoms with E-state index < -0.39 is 33.8 Å². The van der Waals surface area contributed by atoms with E-state index in [4.69, 9.17) is 4.74 Å². The summed E-state index contributed by atoms with van der Waals surface area (Å²) in [4.78, 5) is 25.8. The standard InChI is InChI=1S/C24H23FN2O5S/c1-2-15-33(30,31)27-21-10-6-9-18(16-21)24(29)32-22(17-7-4-3-5-8-17)23(28)26-20-13-11-19(25)12-14-20/h3-14,16,22,27H,2,15H2,1H3,(H,26,28). The van der Waals surface area contributed by atoms with Gasteiger partial charge in [-0.25, -0.2) is 17.6 Å². The number of ether oxygens (including phenoxy) is 1. The molecule has 1 unspecified atom stereocenters. The van der Waals surface area contributed by atoms with E-state index in [1.165, 1.54) is 48.5 Å². The lowest BCUT2D eigenvalue weighted by molar-refractivity contribution is -0.125. The van der Waals surface area contributed by atoms with Crippen LogP contribution in [0, 0.1) is 5.82 Å². The van der Waals surface area contributed by atoms with Crippen molar-refractivity contribution in [1.29, 1.82) is 0 Å². The van der Waals surface area contributed by atoms with E-state index in [-0.39, 0.29) is 17.0 Å². The van der Waals surface area contributed by atoms with E-state index in [9.17, 15) is 22.4 Å². The number of carbonyl (C=O) groups excluding carboxylic acids is 2. The summed E-state index contributed by atoms with van der Waals surface area (Å²) in [5.41, 5.74) is 1.06. The quantitative estimate of drug-likeness (QED) is 0.448. The summed E-state index contributed by atoms with van der Waals surface area (Å²) in [7, 11) is -3.54. The lowest BCUT2D eigenvalue weighted by atomic mass is 10.1. The van der Waals surface area contributed by atoms with Gasteiger partial charge in [-0.15, -0.1) is 0 Å². The van der Waals surface area contributed by atoms with Crippen LogP contribution in [0.15, 0.2) is 78.9 Å². The van der Waals surface area contributed by atoms with Gasteiger partial charge in [0.05, 0.1) is 11.3 Å². The largest absolute Gasteiger partial charge is 0.444 e. The van der Waals surface area contributed by atoms with E-state index in [1.807, 2.05) is 0 Å². The Morgan fingerprint density at radius 2 is 1.64 bits per heavy atom. The van der Waals surface area contributed by atoms with Crippen molar-refractivity contribution < 1.29 is 27.1 Å². The zero-order valence-electron chi connectivity index (χ0n) is 17.8. The molecule has 0 fully saturated rings. The molecule has 0 aromatic heterocycles. The van der Waals surface area contributed by atoms with Crippen LogP contribution in [0.4, 0.5) is 15.8 Å². The Morgan fingerprint density at radius 1 is 0.939 bits per heavy atom. The highest BCUT2D eigenvalue weighted by Gasteiger charge is 2.26. The fourth-order valence-corrected chi connectivity index (χ4v) is 4.15. The third-order valence-corrected chi connectivity index (χ3v) is 6.01. The Morgan fingerprint density at radius 3 is 2.30 bits per heavy atom. The molecule has 1 amide bonds. The number of amides is 1. The van der Waals surface area contributed by atoms with Crippen LogP contribution >= 0.6 is 0 Å². The maximum Gasteiger partial charge on any atom is 0.339 e. The second-order valence-corrected chi connectivity index (χ2v) is 9.04. The van der Waals surface area contributed by atoms with Crippen LogP contribution in [-0.4, -0.2) is 26.0 Å². The van der Waals surface area contributed by atoms with Gasteiger partial charge < -0.3 is 10.1 Å². The molecule has 9 heteroatoms. The second-order valence-electron chi connectivity index (χ2n) is 7.19. The molecular formula is C24H23FN2O5S. The van der Waals surface area contributed by atoms with Gasteiger partial charge >= 0.3 is 5.97 Å². The minimum Gasteiger partial charge on any atom is -0.444 e. The van der Waals surface area contributed by atoms with Crippen molar-refractivity contribution in [3.63, 3.8) is 0 Å². The van der Waals surface area contributed by atoms with Crippen LogP contribution in [-0.2, 0) is 19.6 Å². The van der Waals surface area contributed by atoms with Gasteiger partial charge in [0.1, 0.15) is 5.82 Å². The van der Waals surface area contributed by atoms with Crippen molar-refractivity contribution in [3.05, 3.63) is 95.8 Å². The number of hydrogen-bond donors (Lipinski definition) is 2. The van der Waals surface area contributed by atoms with E-state index in [1.54, 1.807) is 37.3 Å². The molecule has 0 aliphatic carbocycles. The number of carbonyl (C=O) groups is 2. The van der Waals surface area contributed by atoms with E-state index >= 15 is 0 Å². The Labute approximate surface area is 191 Å². The van der Waals surface area contributed by atoms with Gasteiger partial charge in [-0.3, -0.25) is 9.52 Å². The summed E-state index contributed by atoms with van der Waals surface area (Å²) in [5.74, 6) is -1.94. The van der Waals surface area contributed by atoms with Crippen LogP contribution in [0.5, 0.6) is 0 Å². The van der Waals surface area contributed by atoms with Gasteiger partial charge in [-0.05, 0) is 48.9 Å². The number of benzene rings is 3. The number of nitrogens with one attached hydrogen (secondary N) is 2. The third kappa shape index (κ3) is 6.88. The molecule has 3 aromatic rings. The molecule has 172 valence electrons. The monoisotopic (exact) mass is 470 g/mol. The summed E-state index contributed by atoms with van der Waals surface area (Å²) >= 11 is 0. The summed E-state index contributed by atoms with van der Waals surface area (Å²) in [6.07, 6.45) is -0.844. The van der Waals surface area contributed by atoms with Gasteiger partial charge in [0, 0.05) is 16.9 Å². The molecule has 7 nitrogen and oxygen atoms in total. The highest BCUT2D eigenvalue weighted by atomic mass is 32.2. The van der Waals surface area contributed by atoms with Crippen molar-refractivity contribution in [1.82, 2.24) is 0 Å². The fraction of sp³-hybridized carbons (Fsp3) is 0.167. The normalized spacial score (nSPS) is 11.9. The number of halogens is 1. The maximum absolute atomic E-state index is 13.2. The molecule has 1 atom stereocenters. The first-order valence-electron chi connectivity index (χ1n) is 10.2. The molecule has 3 aromatic carbocycles. The van der Waals surface area contributed by atoms with Gasteiger partial charge in [-0.2, -0.15) is 0 Å². The van der Waals surface area contributed by atoms with Crippen LogP contribution < -0.4 is 10.0 Å². The maximum atomic E-state index is 13.2. The summed E-state index contributed by atoms with van der Waals surface area (Å²) in [5, 5.41) is 2.61. The van der Waals surface area contributed by atoms with Gasteiger partial charge in [0.25, 0.3) is 5.91 Å². The number of rotatable bonds is 9. The first-order chi connectivity index (χ1) is 15.8. The molecule has 3 rings (SSSR count). The molecule has 0 bridgehead atoms. The lowest BCUT2D eigenvalue weighted by Crippen LogP contribution is -2.26. The Balaban J connectivity index is 1.81. The van der Waals surface area contributed by atoms with Crippen molar-refractivity contribution in [2.24, 2.45) is 0 Å². The smallest absolute Gasteiger partial charge is 0.339 e. The molecule has 0 radical (unpaired) electrons. The van der Waals surface area contributed by atoms with E-state index in [0.29, 0.717) is 17.7 Å². The van der Waals surface area contributed by atoms with Crippen LogP contribution in [0.25, 0.3) is 0 Å². The van der Waals surface area contributed by atoms with Gasteiger partial charge in [-0.1, -0.05) is 43.3 Å². The van der Waals surface area contributed by atoms with Gasteiger partial charge in [0.2, 0.25) is 16.1 Å². The minimum atomic E-state index is -3.54. The Bertz CT molecular complexity index is 1220. The topological polar surface area (TPSA) is 102 Å². The summed E-state index contributed by atoms with van der Waals surface area (Å²) < 4.78 is 45.1. The highest BCUT2D eigenvalue weighted by molar-refractivity contribution is 7.92. The first-order valence-corrected chi connectivity index (χ1v) is 11.9. The molecule has 0 spiro atoms. The van der Waals surface area contributed by atoms with Crippen molar-refractivity contribution >= 4 is 33.3 Å². The molecule has 0 saturated carbocycles. The second kappa shape index (κ2) is 10.7. The van der Waals surface area contributed by atoms with E-state index in [0.717, 1.165) is 0 Å². The number of anilines is 2. The minimum absolute atomic E-state index is 0.0543. The SMILES string of the molecule is CCCS(=O)(=O)Nc1cccc(C(=O)OC(C(=O)Nc2ccc(F)cc2)c2ccccc2)c1. The van der Waals surface area contributed by atoms with Crippen molar-refractivity contribution in [2.75, 3.05) is 15.8 Å². The average molecular weight is 471 g/mol. The van der Waals surface area contributed by atoms with Crippen molar-refractivity contribution in [2.45, 2.75) is 19.4 Å². The fourth-order valence-electron chi connectivity index (χ4n) is 3.03.